The molecule has 0 radical (unpaired) electrons. The van der Waals surface area contributed by atoms with Crippen LogP contribution in [0.2, 0.25) is 0 Å². The van der Waals surface area contributed by atoms with Crippen LogP contribution < -0.4 is 25.4 Å². The number of amides is 1. The molecule has 2 aromatic rings. The first-order chi connectivity index (χ1) is 13.7. The summed E-state index contributed by atoms with van der Waals surface area (Å²) in [6.07, 6.45) is 0. The Balaban J connectivity index is 0.00000300. The summed E-state index contributed by atoms with van der Waals surface area (Å²) < 4.78 is 11.6. The Hall–Kier alpha value is -2.01. The molecule has 1 heterocycles. The van der Waals surface area contributed by atoms with Crippen LogP contribution in [0.15, 0.2) is 51.9 Å². The van der Waals surface area contributed by atoms with Gasteiger partial charge in [0.05, 0.1) is 6.54 Å². The molecule has 0 aromatic heterocycles. The minimum atomic E-state index is -0.106. The zero-order valence-electron chi connectivity index (χ0n) is 16.0. The third-order valence-electron chi connectivity index (χ3n) is 3.99. The molecule has 1 amide bonds. The Morgan fingerprint density at radius 3 is 2.66 bits per heavy atom. The maximum atomic E-state index is 12.1. The van der Waals surface area contributed by atoms with Gasteiger partial charge in [0.25, 0.3) is 5.91 Å². The number of nitrogens with one attached hydrogen (secondary N) is 3. The van der Waals surface area contributed by atoms with Crippen LogP contribution in [0.5, 0.6) is 11.5 Å². The molecule has 7 nitrogen and oxygen atoms in total. The third kappa shape index (κ3) is 7.07. The molecule has 29 heavy (non-hydrogen) atoms. The standard InChI is InChI=1S/C20H23BrN4O3.HI/c1-2-22-20(25-12-14-6-7-17-18(10-14)28-13-27-17)24-9-8-23-19(26)15-4-3-5-16(21)11-15;/h3-7,10-11H,2,8-9,12-13H2,1H3,(H,23,26)(H2,22,24,25);1H. The van der Waals surface area contributed by atoms with Crippen LogP contribution in [0.4, 0.5) is 0 Å². The van der Waals surface area contributed by atoms with E-state index in [1.165, 1.54) is 0 Å². The summed E-state index contributed by atoms with van der Waals surface area (Å²) in [6, 6.07) is 13.1. The number of hydrogen-bond acceptors (Lipinski definition) is 4. The number of ether oxygens (including phenoxy) is 2. The predicted octanol–water partition coefficient (Wildman–Crippen LogP) is 3.28. The normalized spacial score (nSPS) is 12.1. The lowest BCUT2D eigenvalue weighted by molar-refractivity contribution is 0.0954. The van der Waals surface area contributed by atoms with E-state index in [0.29, 0.717) is 31.2 Å². The van der Waals surface area contributed by atoms with Crippen molar-refractivity contribution in [2.75, 3.05) is 26.4 Å². The number of nitrogens with zero attached hydrogens (tertiary/aromatic N) is 1. The summed E-state index contributed by atoms with van der Waals surface area (Å²) in [5.74, 6) is 2.10. The van der Waals surface area contributed by atoms with Crippen molar-refractivity contribution in [1.29, 1.82) is 0 Å². The van der Waals surface area contributed by atoms with Crippen LogP contribution in [-0.4, -0.2) is 38.3 Å². The van der Waals surface area contributed by atoms with E-state index < -0.39 is 0 Å². The van der Waals surface area contributed by atoms with Crippen LogP contribution >= 0.6 is 39.9 Å². The fourth-order valence-corrected chi connectivity index (χ4v) is 3.04. The SMILES string of the molecule is CCNC(=NCc1ccc2c(c1)OCO2)NCCNC(=O)c1cccc(Br)c1.I. The van der Waals surface area contributed by atoms with Crippen LogP contribution in [0, 0.1) is 0 Å². The third-order valence-corrected chi connectivity index (χ3v) is 4.48. The van der Waals surface area contributed by atoms with E-state index in [2.05, 4.69) is 36.9 Å². The summed E-state index contributed by atoms with van der Waals surface area (Å²) >= 11 is 3.37. The molecule has 0 spiro atoms. The first-order valence-electron chi connectivity index (χ1n) is 9.10. The van der Waals surface area contributed by atoms with Gasteiger partial charge in [0.15, 0.2) is 17.5 Å². The largest absolute Gasteiger partial charge is 0.454 e. The molecule has 1 aliphatic rings. The summed E-state index contributed by atoms with van der Waals surface area (Å²) in [4.78, 5) is 16.7. The van der Waals surface area contributed by atoms with Gasteiger partial charge < -0.3 is 25.4 Å². The number of halogens is 2. The lowest BCUT2D eigenvalue weighted by atomic mass is 10.2. The number of carbonyl (C=O) groups excluding carboxylic acids is 1. The van der Waals surface area contributed by atoms with Gasteiger partial charge in [-0.25, -0.2) is 4.99 Å². The highest BCUT2D eigenvalue weighted by Crippen LogP contribution is 2.32. The summed E-state index contributed by atoms with van der Waals surface area (Å²) in [7, 11) is 0. The van der Waals surface area contributed by atoms with Crippen LogP contribution in [0.25, 0.3) is 0 Å². The van der Waals surface area contributed by atoms with Gasteiger partial charge in [0, 0.05) is 29.7 Å². The number of rotatable bonds is 7. The monoisotopic (exact) mass is 574 g/mol. The van der Waals surface area contributed by atoms with Crippen molar-refractivity contribution in [3.05, 3.63) is 58.1 Å². The highest BCUT2D eigenvalue weighted by molar-refractivity contribution is 14.0. The first-order valence-corrected chi connectivity index (χ1v) is 9.89. The molecule has 0 atom stereocenters. The predicted molar refractivity (Wildman–Crippen MR) is 127 cm³/mol. The molecular weight excluding hydrogens is 551 g/mol. The van der Waals surface area contributed by atoms with Gasteiger partial charge in [-0.15, -0.1) is 24.0 Å². The van der Waals surface area contributed by atoms with Gasteiger partial charge in [0.1, 0.15) is 0 Å². The van der Waals surface area contributed by atoms with Crippen molar-refractivity contribution in [2.24, 2.45) is 4.99 Å². The van der Waals surface area contributed by atoms with Gasteiger partial charge in [-0.2, -0.15) is 0 Å². The van der Waals surface area contributed by atoms with Crippen molar-refractivity contribution in [3.63, 3.8) is 0 Å². The Labute approximate surface area is 195 Å². The Kier molecular flexibility index (Phi) is 9.52. The van der Waals surface area contributed by atoms with Gasteiger partial charge in [-0.1, -0.05) is 28.1 Å². The number of carbonyl (C=O) groups is 1. The first kappa shape index (κ1) is 23.3. The molecular formula is C20H24BrIN4O3. The molecule has 2 aromatic carbocycles. The Morgan fingerprint density at radius 1 is 1.07 bits per heavy atom. The fourth-order valence-electron chi connectivity index (χ4n) is 2.64. The number of aliphatic imine (C=N–C) groups is 1. The average Bonchev–Trinajstić information content (AvgIpc) is 3.17. The lowest BCUT2D eigenvalue weighted by Gasteiger charge is -2.12. The van der Waals surface area contributed by atoms with Crippen LogP contribution in [0.3, 0.4) is 0 Å². The summed E-state index contributed by atoms with van der Waals surface area (Å²) in [5.41, 5.74) is 1.65. The lowest BCUT2D eigenvalue weighted by Crippen LogP contribution is -2.41. The maximum absolute atomic E-state index is 12.1. The van der Waals surface area contributed by atoms with E-state index in [9.17, 15) is 4.79 Å². The van der Waals surface area contributed by atoms with E-state index in [0.717, 1.165) is 28.1 Å². The Morgan fingerprint density at radius 2 is 1.86 bits per heavy atom. The van der Waals surface area contributed by atoms with E-state index in [1.54, 1.807) is 12.1 Å². The van der Waals surface area contributed by atoms with E-state index >= 15 is 0 Å². The quantitative estimate of drug-likeness (QED) is 0.205. The molecule has 156 valence electrons. The van der Waals surface area contributed by atoms with Crippen LogP contribution in [0.1, 0.15) is 22.8 Å². The second kappa shape index (κ2) is 11.9. The molecule has 9 heteroatoms. The smallest absolute Gasteiger partial charge is 0.251 e. The van der Waals surface area contributed by atoms with Gasteiger partial charge in [-0.3, -0.25) is 4.79 Å². The van der Waals surface area contributed by atoms with E-state index in [-0.39, 0.29) is 36.7 Å². The molecule has 0 aliphatic carbocycles. The molecule has 1 aliphatic heterocycles. The zero-order valence-corrected chi connectivity index (χ0v) is 20.0. The fraction of sp³-hybridized carbons (Fsp3) is 0.300. The summed E-state index contributed by atoms with van der Waals surface area (Å²) in [5, 5.41) is 9.31. The number of fused-ring (bicyclic) bond motifs is 1. The second-order valence-electron chi connectivity index (χ2n) is 6.08. The van der Waals surface area contributed by atoms with Gasteiger partial charge in [0.2, 0.25) is 6.79 Å². The molecule has 3 N–H and O–H groups in total. The highest BCUT2D eigenvalue weighted by Gasteiger charge is 2.13. The minimum absolute atomic E-state index is 0. The molecule has 0 fully saturated rings. The van der Waals surface area contributed by atoms with Gasteiger partial charge in [-0.05, 0) is 42.8 Å². The number of hydrogen-bond donors (Lipinski definition) is 3. The second-order valence-corrected chi connectivity index (χ2v) is 6.99. The van der Waals surface area contributed by atoms with Crippen molar-refractivity contribution >= 4 is 51.8 Å². The summed E-state index contributed by atoms with van der Waals surface area (Å²) in [6.45, 7) is 4.57. The molecule has 3 rings (SSSR count). The maximum Gasteiger partial charge on any atom is 0.251 e. The topological polar surface area (TPSA) is 84.0 Å². The number of guanidine groups is 1. The average molecular weight is 575 g/mol. The van der Waals surface area contributed by atoms with Crippen molar-refractivity contribution in [2.45, 2.75) is 13.5 Å². The molecule has 0 bridgehead atoms. The number of benzene rings is 2. The zero-order chi connectivity index (χ0) is 19.8. The highest BCUT2D eigenvalue weighted by atomic mass is 127. The van der Waals surface area contributed by atoms with Crippen LogP contribution in [-0.2, 0) is 6.54 Å². The Bertz CT molecular complexity index is 863. The van der Waals surface area contributed by atoms with E-state index in [1.807, 2.05) is 37.3 Å². The van der Waals surface area contributed by atoms with Crippen molar-refractivity contribution in [1.82, 2.24) is 16.0 Å². The molecule has 0 unspecified atom stereocenters. The minimum Gasteiger partial charge on any atom is -0.454 e. The molecule has 0 saturated heterocycles. The van der Waals surface area contributed by atoms with E-state index in [4.69, 9.17) is 9.47 Å². The van der Waals surface area contributed by atoms with Crippen molar-refractivity contribution in [3.8, 4) is 11.5 Å². The van der Waals surface area contributed by atoms with Gasteiger partial charge >= 0.3 is 0 Å². The molecule has 0 saturated carbocycles. The van der Waals surface area contributed by atoms with Crippen molar-refractivity contribution < 1.29 is 14.3 Å².